The molecule has 0 saturated carbocycles. The molecular formula is C13H18Cl2N2O3. The Morgan fingerprint density at radius 3 is 2.75 bits per heavy atom. The molecule has 5 nitrogen and oxygen atoms in total. The molecule has 0 aromatic heterocycles. The average molecular weight is 321 g/mol. The molecule has 0 spiro atoms. The smallest absolute Gasteiger partial charge is 0.237 e. The highest BCUT2D eigenvalue weighted by atomic mass is 35.5. The van der Waals surface area contributed by atoms with Crippen molar-refractivity contribution in [2.75, 3.05) is 26.4 Å². The van der Waals surface area contributed by atoms with E-state index in [1.54, 1.807) is 18.2 Å². The van der Waals surface area contributed by atoms with Crippen LogP contribution in [0.1, 0.15) is 5.56 Å². The van der Waals surface area contributed by atoms with Crippen LogP contribution >= 0.6 is 23.2 Å². The van der Waals surface area contributed by atoms with Gasteiger partial charge < -0.3 is 20.9 Å². The summed E-state index contributed by atoms with van der Waals surface area (Å²) < 4.78 is 5.02. The summed E-state index contributed by atoms with van der Waals surface area (Å²) in [6, 6.07) is 4.49. The Bertz CT molecular complexity index is 444. The average Bonchev–Trinajstić information content (AvgIpc) is 2.42. The number of ether oxygens (including phenoxy) is 1. The van der Waals surface area contributed by atoms with Gasteiger partial charge in [0.2, 0.25) is 5.91 Å². The molecule has 7 heteroatoms. The number of nitrogens with two attached hydrogens (primary N) is 1. The maximum Gasteiger partial charge on any atom is 0.237 e. The first-order valence-electron chi connectivity index (χ1n) is 6.20. The van der Waals surface area contributed by atoms with E-state index in [1.807, 2.05) is 0 Å². The van der Waals surface area contributed by atoms with Crippen LogP contribution < -0.4 is 11.1 Å². The molecule has 20 heavy (non-hydrogen) atoms. The standard InChI is InChI=1S/C13H18Cl2N2O3/c14-10-2-1-9(7-11(10)15)8-12(16)13(19)17-3-5-20-6-4-18/h1-2,7,12,18H,3-6,8,16H2,(H,17,19)/t12-/m0/s1. The van der Waals surface area contributed by atoms with Gasteiger partial charge in [-0.2, -0.15) is 0 Å². The summed E-state index contributed by atoms with van der Waals surface area (Å²) in [5.74, 6) is -0.260. The number of carbonyl (C=O) groups is 1. The lowest BCUT2D eigenvalue weighted by atomic mass is 10.1. The lowest BCUT2D eigenvalue weighted by Crippen LogP contribution is -2.43. The minimum atomic E-state index is -0.662. The number of halogens is 2. The fourth-order valence-electron chi connectivity index (χ4n) is 1.56. The molecule has 0 aliphatic rings. The van der Waals surface area contributed by atoms with Crippen LogP contribution in [0.3, 0.4) is 0 Å². The molecule has 4 N–H and O–H groups in total. The lowest BCUT2D eigenvalue weighted by Gasteiger charge is -2.13. The first-order chi connectivity index (χ1) is 9.54. The Morgan fingerprint density at radius 2 is 2.10 bits per heavy atom. The van der Waals surface area contributed by atoms with Crippen molar-refractivity contribution in [1.29, 1.82) is 0 Å². The molecule has 0 unspecified atom stereocenters. The van der Waals surface area contributed by atoms with E-state index >= 15 is 0 Å². The maximum atomic E-state index is 11.7. The Morgan fingerprint density at radius 1 is 1.35 bits per heavy atom. The van der Waals surface area contributed by atoms with Gasteiger partial charge in [-0.05, 0) is 24.1 Å². The van der Waals surface area contributed by atoms with E-state index < -0.39 is 6.04 Å². The summed E-state index contributed by atoms with van der Waals surface area (Å²) in [5.41, 5.74) is 6.66. The molecule has 1 atom stereocenters. The Balaban J connectivity index is 2.35. The van der Waals surface area contributed by atoms with E-state index in [9.17, 15) is 4.79 Å². The van der Waals surface area contributed by atoms with Crippen molar-refractivity contribution < 1.29 is 14.6 Å². The first kappa shape index (κ1) is 17.2. The monoisotopic (exact) mass is 320 g/mol. The van der Waals surface area contributed by atoms with Gasteiger partial charge in [-0.3, -0.25) is 4.79 Å². The van der Waals surface area contributed by atoms with Crippen LogP contribution in [0.5, 0.6) is 0 Å². The van der Waals surface area contributed by atoms with Gasteiger partial charge >= 0.3 is 0 Å². The molecule has 0 fully saturated rings. The fraction of sp³-hybridized carbons (Fsp3) is 0.462. The van der Waals surface area contributed by atoms with Crippen molar-refractivity contribution in [2.24, 2.45) is 5.73 Å². The Kier molecular flexibility index (Phi) is 7.87. The SMILES string of the molecule is N[C@@H](Cc1ccc(Cl)c(Cl)c1)C(=O)NCCOCCO. The minimum absolute atomic E-state index is 0.0369. The number of hydrogen-bond acceptors (Lipinski definition) is 4. The lowest BCUT2D eigenvalue weighted by molar-refractivity contribution is -0.122. The van der Waals surface area contributed by atoms with Crippen molar-refractivity contribution in [1.82, 2.24) is 5.32 Å². The topological polar surface area (TPSA) is 84.6 Å². The highest BCUT2D eigenvalue weighted by Gasteiger charge is 2.14. The van der Waals surface area contributed by atoms with Crippen molar-refractivity contribution in [2.45, 2.75) is 12.5 Å². The number of aliphatic hydroxyl groups excluding tert-OH is 1. The molecular weight excluding hydrogens is 303 g/mol. The summed E-state index contributed by atoms with van der Waals surface area (Å²) in [6.07, 6.45) is 0.375. The van der Waals surface area contributed by atoms with Gasteiger partial charge in [0.05, 0.1) is 35.9 Å². The van der Waals surface area contributed by atoms with E-state index in [4.69, 9.17) is 38.8 Å². The summed E-state index contributed by atoms with van der Waals surface area (Å²) in [6.45, 7) is 0.912. The molecule has 0 aliphatic heterocycles. The summed E-state index contributed by atoms with van der Waals surface area (Å²) in [5, 5.41) is 12.1. The van der Waals surface area contributed by atoms with Gasteiger partial charge in [0.15, 0.2) is 0 Å². The van der Waals surface area contributed by atoms with Crippen LogP contribution in [0.2, 0.25) is 10.0 Å². The number of hydrogen-bond donors (Lipinski definition) is 3. The third kappa shape index (κ3) is 6.07. The molecule has 0 aliphatic carbocycles. The van der Waals surface area contributed by atoms with Crippen LogP contribution in [0, 0.1) is 0 Å². The van der Waals surface area contributed by atoms with E-state index in [2.05, 4.69) is 5.32 Å². The normalized spacial score (nSPS) is 12.2. The van der Waals surface area contributed by atoms with E-state index in [1.165, 1.54) is 0 Å². The summed E-state index contributed by atoms with van der Waals surface area (Å²) >= 11 is 11.7. The van der Waals surface area contributed by atoms with Crippen LogP contribution in [-0.4, -0.2) is 43.4 Å². The van der Waals surface area contributed by atoms with Gasteiger partial charge in [0, 0.05) is 6.54 Å². The predicted molar refractivity (Wildman–Crippen MR) is 79.1 cm³/mol. The van der Waals surface area contributed by atoms with Crippen molar-refractivity contribution >= 4 is 29.1 Å². The zero-order valence-electron chi connectivity index (χ0n) is 10.9. The second-order valence-electron chi connectivity index (χ2n) is 4.19. The van der Waals surface area contributed by atoms with Crippen LogP contribution in [0.15, 0.2) is 18.2 Å². The Labute approximate surface area is 128 Å². The summed E-state index contributed by atoms with van der Waals surface area (Å²) in [4.78, 5) is 11.7. The maximum absolute atomic E-state index is 11.7. The number of benzene rings is 1. The fourth-order valence-corrected chi connectivity index (χ4v) is 1.88. The largest absolute Gasteiger partial charge is 0.394 e. The van der Waals surface area contributed by atoms with E-state index in [-0.39, 0.29) is 19.1 Å². The van der Waals surface area contributed by atoms with Gasteiger partial charge in [-0.25, -0.2) is 0 Å². The molecule has 112 valence electrons. The highest BCUT2D eigenvalue weighted by molar-refractivity contribution is 6.42. The first-order valence-corrected chi connectivity index (χ1v) is 6.96. The third-order valence-corrected chi connectivity index (χ3v) is 3.30. The number of rotatable bonds is 8. The van der Waals surface area contributed by atoms with Gasteiger partial charge in [0.25, 0.3) is 0 Å². The van der Waals surface area contributed by atoms with Crippen molar-refractivity contribution in [3.8, 4) is 0 Å². The quantitative estimate of drug-likeness (QED) is 0.624. The third-order valence-electron chi connectivity index (χ3n) is 2.56. The minimum Gasteiger partial charge on any atom is -0.394 e. The zero-order chi connectivity index (χ0) is 15.0. The van der Waals surface area contributed by atoms with Gasteiger partial charge in [-0.15, -0.1) is 0 Å². The second kappa shape index (κ2) is 9.15. The number of nitrogens with one attached hydrogen (secondary N) is 1. The highest BCUT2D eigenvalue weighted by Crippen LogP contribution is 2.22. The predicted octanol–water partition coefficient (Wildman–Crippen LogP) is 0.988. The number of carbonyl (C=O) groups excluding carboxylic acids is 1. The van der Waals surface area contributed by atoms with Crippen molar-refractivity contribution in [3.05, 3.63) is 33.8 Å². The molecule has 1 aromatic rings. The van der Waals surface area contributed by atoms with Gasteiger partial charge in [0.1, 0.15) is 0 Å². The van der Waals surface area contributed by atoms with Crippen LogP contribution in [0.25, 0.3) is 0 Å². The summed E-state index contributed by atoms with van der Waals surface area (Å²) in [7, 11) is 0. The van der Waals surface area contributed by atoms with Crippen LogP contribution in [-0.2, 0) is 16.0 Å². The van der Waals surface area contributed by atoms with E-state index in [0.717, 1.165) is 5.56 Å². The molecule has 0 radical (unpaired) electrons. The molecule has 1 aromatic carbocycles. The van der Waals surface area contributed by atoms with E-state index in [0.29, 0.717) is 29.6 Å². The number of aliphatic hydroxyl groups is 1. The zero-order valence-corrected chi connectivity index (χ0v) is 12.5. The molecule has 1 rings (SSSR count). The molecule has 0 heterocycles. The molecule has 0 bridgehead atoms. The number of amides is 1. The van der Waals surface area contributed by atoms with Gasteiger partial charge in [-0.1, -0.05) is 29.3 Å². The Hall–Kier alpha value is -0.850. The second-order valence-corrected chi connectivity index (χ2v) is 5.00. The van der Waals surface area contributed by atoms with Crippen molar-refractivity contribution in [3.63, 3.8) is 0 Å². The van der Waals surface area contributed by atoms with Crippen LogP contribution in [0.4, 0.5) is 0 Å². The molecule has 0 saturated heterocycles. The molecule has 1 amide bonds.